The van der Waals surface area contributed by atoms with Gasteiger partial charge in [-0.25, -0.2) is 0 Å². The molecule has 0 radical (unpaired) electrons. The van der Waals surface area contributed by atoms with Crippen LogP contribution in [0.15, 0.2) is 48.5 Å². The zero-order valence-corrected chi connectivity index (χ0v) is 16.9. The first-order valence-corrected chi connectivity index (χ1v) is 10.5. The lowest BCUT2D eigenvalue weighted by Crippen LogP contribution is -2.39. The maximum Gasteiger partial charge on any atom is 0.261 e. The van der Waals surface area contributed by atoms with E-state index >= 15 is 0 Å². The van der Waals surface area contributed by atoms with Gasteiger partial charge < -0.3 is 10.1 Å². The van der Waals surface area contributed by atoms with Crippen LogP contribution in [0.4, 0.5) is 0 Å². The van der Waals surface area contributed by atoms with E-state index in [0.717, 1.165) is 28.7 Å². The number of halogens is 1. The summed E-state index contributed by atoms with van der Waals surface area (Å²) in [6, 6.07) is 15.8. The Hall–Kier alpha value is -1.65. The summed E-state index contributed by atoms with van der Waals surface area (Å²) in [7, 11) is 0. The third-order valence-electron chi connectivity index (χ3n) is 4.00. The van der Waals surface area contributed by atoms with Gasteiger partial charge in [0.1, 0.15) is 5.75 Å². The van der Waals surface area contributed by atoms with Crippen molar-refractivity contribution < 1.29 is 9.53 Å². The Labute approximate surface area is 165 Å². The number of rotatable bonds is 10. The number of carbonyl (C=O) groups is 1. The van der Waals surface area contributed by atoms with Crippen molar-refractivity contribution in [2.75, 3.05) is 12.3 Å². The van der Waals surface area contributed by atoms with Crippen LogP contribution in [0.5, 0.6) is 5.75 Å². The highest BCUT2D eigenvalue weighted by Crippen LogP contribution is 2.16. The summed E-state index contributed by atoms with van der Waals surface area (Å²) >= 11 is 7.66. The SMILES string of the molecule is CCc1ccc(OC(CC)C(=O)NCCSCc2ccc(Cl)cc2)cc1. The minimum Gasteiger partial charge on any atom is -0.481 e. The topological polar surface area (TPSA) is 38.3 Å². The van der Waals surface area contributed by atoms with Gasteiger partial charge in [-0.3, -0.25) is 4.79 Å². The summed E-state index contributed by atoms with van der Waals surface area (Å²) < 4.78 is 5.83. The van der Waals surface area contributed by atoms with Gasteiger partial charge >= 0.3 is 0 Å². The number of hydrogen-bond donors (Lipinski definition) is 1. The Bertz CT molecular complexity index is 673. The largest absolute Gasteiger partial charge is 0.481 e. The van der Waals surface area contributed by atoms with Crippen molar-refractivity contribution in [1.82, 2.24) is 5.32 Å². The van der Waals surface area contributed by atoms with Crippen LogP contribution in [0, 0.1) is 0 Å². The van der Waals surface area contributed by atoms with E-state index < -0.39 is 6.10 Å². The number of ether oxygens (including phenoxy) is 1. The summed E-state index contributed by atoms with van der Waals surface area (Å²) in [6.45, 7) is 4.70. The lowest BCUT2D eigenvalue weighted by Gasteiger charge is -2.17. The molecule has 0 spiro atoms. The van der Waals surface area contributed by atoms with E-state index in [2.05, 4.69) is 12.2 Å². The molecule has 0 fully saturated rings. The number of amides is 1. The number of nitrogens with one attached hydrogen (secondary N) is 1. The second kappa shape index (κ2) is 11.1. The van der Waals surface area contributed by atoms with E-state index in [9.17, 15) is 4.79 Å². The van der Waals surface area contributed by atoms with Crippen LogP contribution in [0.25, 0.3) is 0 Å². The highest BCUT2D eigenvalue weighted by molar-refractivity contribution is 7.98. The monoisotopic (exact) mass is 391 g/mol. The van der Waals surface area contributed by atoms with Crippen molar-refractivity contribution in [1.29, 1.82) is 0 Å². The van der Waals surface area contributed by atoms with Gasteiger partial charge in [-0.05, 0) is 48.2 Å². The molecule has 3 nitrogen and oxygen atoms in total. The maximum atomic E-state index is 12.3. The first-order chi connectivity index (χ1) is 12.6. The molecule has 1 unspecified atom stereocenters. The third kappa shape index (κ3) is 6.93. The van der Waals surface area contributed by atoms with Gasteiger partial charge in [0, 0.05) is 23.1 Å². The molecule has 0 aliphatic carbocycles. The molecule has 0 saturated heterocycles. The Morgan fingerprint density at radius 1 is 1.08 bits per heavy atom. The second-order valence-corrected chi connectivity index (χ2v) is 7.52. The quantitative estimate of drug-likeness (QED) is 0.572. The van der Waals surface area contributed by atoms with Crippen LogP contribution in [0.1, 0.15) is 31.4 Å². The fourth-order valence-electron chi connectivity index (χ4n) is 2.42. The van der Waals surface area contributed by atoms with Gasteiger partial charge in [-0.2, -0.15) is 11.8 Å². The average Bonchev–Trinajstić information content (AvgIpc) is 2.67. The average molecular weight is 392 g/mol. The van der Waals surface area contributed by atoms with Crippen molar-refractivity contribution in [3.05, 3.63) is 64.7 Å². The predicted molar refractivity (Wildman–Crippen MR) is 111 cm³/mol. The third-order valence-corrected chi connectivity index (χ3v) is 5.28. The minimum atomic E-state index is -0.455. The van der Waals surface area contributed by atoms with Crippen molar-refractivity contribution >= 4 is 29.3 Å². The molecule has 1 amide bonds. The number of benzene rings is 2. The number of carbonyl (C=O) groups excluding carboxylic acids is 1. The highest BCUT2D eigenvalue weighted by Gasteiger charge is 2.17. The Morgan fingerprint density at radius 2 is 1.73 bits per heavy atom. The molecule has 1 N–H and O–H groups in total. The zero-order chi connectivity index (χ0) is 18.8. The standard InChI is InChI=1S/C21H26ClNO2S/c1-3-16-7-11-19(12-8-16)25-20(4-2)21(24)23-13-14-26-15-17-5-9-18(22)10-6-17/h5-12,20H,3-4,13-15H2,1-2H3,(H,23,24). The van der Waals surface area contributed by atoms with E-state index in [-0.39, 0.29) is 5.91 Å². The van der Waals surface area contributed by atoms with Gasteiger partial charge in [0.15, 0.2) is 6.10 Å². The molecular weight excluding hydrogens is 366 g/mol. The van der Waals surface area contributed by atoms with Crippen LogP contribution in [-0.2, 0) is 17.0 Å². The Morgan fingerprint density at radius 3 is 2.35 bits per heavy atom. The first kappa shape index (κ1) is 20.7. The molecule has 2 aromatic rings. The fraction of sp³-hybridized carbons (Fsp3) is 0.381. The molecule has 0 heterocycles. The normalized spacial score (nSPS) is 11.8. The molecule has 0 aromatic heterocycles. The molecule has 140 valence electrons. The number of hydrogen-bond acceptors (Lipinski definition) is 3. The lowest BCUT2D eigenvalue weighted by molar-refractivity contribution is -0.127. The van der Waals surface area contributed by atoms with Gasteiger partial charge in [-0.1, -0.05) is 49.7 Å². The van der Waals surface area contributed by atoms with E-state index in [1.54, 1.807) is 11.8 Å². The van der Waals surface area contributed by atoms with Gasteiger partial charge in [-0.15, -0.1) is 0 Å². The molecule has 0 bridgehead atoms. The number of aryl methyl sites for hydroxylation is 1. The van der Waals surface area contributed by atoms with Crippen molar-refractivity contribution in [2.45, 2.75) is 38.5 Å². The minimum absolute atomic E-state index is 0.0563. The first-order valence-electron chi connectivity index (χ1n) is 8.97. The molecular formula is C21H26ClNO2S. The zero-order valence-electron chi connectivity index (χ0n) is 15.3. The smallest absolute Gasteiger partial charge is 0.261 e. The van der Waals surface area contributed by atoms with E-state index in [4.69, 9.17) is 16.3 Å². The second-order valence-electron chi connectivity index (χ2n) is 5.98. The molecule has 0 aliphatic heterocycles. The van der Waals surface area contributed by atoms with Crippen LogP contribution in [0.2, 0.25) is 5.02 Å². The number of thioether (sulfide) groups is 1. The van der Waals surface area contributed by atoms with Crippen LogP contribution >= 0.6 is 23.4 Å². The summed E-state index contributed by atoms with van der Waals surface area (Å²) in [5.41, 5.74) is 2.49. The molecule has 2 rings (SSSR count). The van der Waals surface area contributed by atoms with E-state index in [1.165, 1.54) is 11.1 Å². The fourth-order valence-corrected chi connectivity index (χ4v) is 3.37. The Kier molecular flexibility index (Phi) is 8.86. The summed E-state index contributed by atoms with van der Waals surface area (Å²) in [5, 5.41) is 3.72. The highest BCUT2D eigenvalue weighted by atomic mass is 35.5. The Balaban J connectivity index is 1.69. The van der Waals surface area contributed by atoms with Crippen LogP contribution in [-0.4, -0.2) is 24.3 Å². The van der Waals surface area contributed by atoms with Crippen molar-refractivity contribution in [3.63, 3.8) is 0 Å². The maximum absolute atomic E-state index is 12.3. The summed E-state index contributed by atoms with van der Waals surface area (Å²) in [5.74, 6) is 2.45. The van der Waals surface area contributed by atoms with Gasteiger partial charge in [0.05, 0.1) is 0 Å². The summed E-state index contributed by atoms with van der Waals surface area (Å²) in [6.07, 6.45) is 1.18. The van der Waals surface area contributed by atoms with Crippen LogP contribution in [0.3, 0.4) is 0 Å². The van der Waals surface area contributed by atoms with Crippen LogP contribution < -0.4 is 10.1 Å². The van der Waals surface area contributed by atoms with Gasteiger partial charge in [0.2, 0.25) is 0 Å². The molecule has 26 heavy (non-hydrogen) atoms. The molecule has 1 atom stereocenters. The van der Waals surface area contributed by atoms with E-state index in [1.807, 2.05) is 55.5 Å². The lowest BCUT2D eigenvalue weighted by atomic mass is 10.2. The van der Waals surface area contributed by atoms with Crippen molar-refractivity contribution in [2.24, 2.45) is 0 Å². The van der Waals surface area contributed by atoms with E-state index in [0.29, 0.717) is 13.0 Å². The summed E-state index contributed by atoms with van der Waals surface area (Å²) in [4.78, 5) is 12.3. The van der Waals surface area contributed by atoms with Gasteiger partial charge in [0.25, 0.3) is 5.91 Å². The molecule has 5 heteroatoms. The predicted octanol–water partition coefficient (Wildman–Crippen LogP) is 5.11. The molecule has 2 aromatic carbocycles. The van der Waals surface area contributed by atoms with Crippen molar-refractivity contribution in [3.8, 4) is 5.75 Å². The molecule has 0 saturated carbocycles. The molecule has 0 aliphatic rings.